The largest absolute Gasteiger partial charge is 0.480 e. The van der Waals surface area contributed by atoms with E-state index in [1.54, 1.807) is 22.8 Å². The van der Waals surface area contributed by atoms with E-state index in [0.29, 0.717) is 45.4 Å². The topological polar surface area (TPSA) is 116 Å². The first kappa shape index (κ1) is 28.7. The van der Waals surface area contributed by atoms with Crippen LogP contribution in [0.2, 0.25) is 0 Å². The van der Waals surface area contributed by atoms with Gasteiger partial charge in [0, 0.05) is 26.2 Å². The van der Waals surface area contributed by atoms with Crippen LogP contribution < -0.4 is 5.32 Å². The highest BCUT2D eigenvalue weighted by atomic mass is 35.5. The van der Waals surface area contributed by atoms with Crippen LogP contribution in [0.5, 0.6) is 0 Å². The molecule has 2 aliphatic heterocycles. The molecule has 0 aromatic heterocycles. The lowest BCUT2D eigenvalue weighted by atomic mass is 9.95. The number of carboxylic acids is 1. The maximum Gasteiger partial charge on any atom is 0.410 e. The summed E-state index contributed by atoms with van der Waals surface area (Å²) in [7, 11) is 0. The van der Waals surface area contributed by atoms with E-state index < -0.39 is 23.5 Å². The molecule has 9 nitrogen and oxygen atoms in total. The summed E-state index contributed by atoms with van der Waals surface area (Å²) in [5.41, 5.74) is -0.519. The first-order chi connectivity index (χ1) is 15.0. The standard InChI is InChI=1S/C23H37N3O6.ClH/c1-5-18(21(29)30)24-20(28)17-7-6-12-26(15-17)19(27)9-8-16-10-13-25(14-11-16)22(31)32-23(2,3)4;/h8-9,16-18H,5-7,10-15H2,1-4H3,(H,24,28)(H,29,30);1H/b9-8+;/t17-,18+;/m1./s1. The number of rotatable bonds is 6. The number of hydrogen-bond donors (Lipinski definition) is 2. The van der Waals surface area contributed by atoms with Gasteiger partial charge in [-0.05, 0) is 64.9 Å². The Balaban J connectivity index is 0.00000544. The number of nitrogens with one attached hydrogen (secondary N) is 1. The van der Waals surface area contributed by atoms with Gasteiger partial charge in [0.25, 0.3) is 0 Å². The van der Waals surface area contributed by atoms with E-state index in [1.807, 2.05) is 26.8 Å². The lowest BCUT2D eigenvalue weighted by Crippen LogP contribution is -2.49. The molecule has 0 spiro atoms. The summed E-state index contributed by atoms with van der Waals surface area (Å²) in [4.78, 5) is 51.8. The van der Waals surface area contributed by atoms with E-state index in [9.17, 15) is 19.2 Å². The minimum absolute atomic E-state index is 0. The fourth-order valence-corrected chi connectivity index (χ4v) is 3.94. The Bertz CT molecular complexity index is 728. The van der Waals surface area contributed by atoms with E-state index in [0.717, 1.165) is 12.8 Å². The summed E-state index contributed by atoms with van der Waals surface area (Å²) in [6, 6.07) is -0.903. The number of amides is 3. The van der Waals surface area contributed by atoms with Crippen molar-refractivity contribution >= 4 is 36.3 Å². The number of halogens is 1. The summed E-state index contributed by atoms with van der Waals surface area (Å²) in [6.45, 7) is 9.29. The van der Waals surface area contributed by atoms with Gasteiger partial charge in [0.15, 0.2) is 0 Å². The molecule has 0 bridgehead atoms. The number of hydrogen-bond acceptors (Lipinski definition) is 5. The highest BCUT2D eigenvalue weighted by molar-refractivity contribution is 5.89. The zero-order valence-corrected chi connectivity index (χ0v) is 20.9. The van der Waals surface area contributed by atoms with Crippen molar-refractivity contribution in [2.75, 3.05) is 26.2 Å². The van der Waals surface area contributed by atoms with E-state index in [-0.39, 0.29) is 36.2 Å². The van der Waals surface area contributed by atoms with Gasteiger partial charge in [0.1, 0.15) is 11.6 Å². The van der Waals surface area contributed by atoms with Crippen LogP contribution in [-0.2, 0) is 19.1 Å². The highest BCUT2D eigenvalue weighted by Crippen LogP contribution is 2.22. The number of carboxylic acid groups (broad SMARTS) is 1. The molecule has 188 valence electrons. The summed E-state index contributed by atoms with van der Waals surface area (Å²) in [5.74, 6) is -1.68. The predicted molar refractivity (Wildman–Crippen MR) is 126 cm³/mol. The molecule has 33 heavy (non-hydrogen) atoms. The van der Waals surface area contributed by atoms with Gasteiger partial charge < -0.3 is 25.0 Å². The number of likely N-dealkylation sites (tertiary alicyclic amines) is 2. The van der Waals surface area contributed by atoms with E-state index in [4.69, 9.17) is 9.84 Å². The molecule has 0 aromatic carbocycles. The van der Waals surface area contributed by atoms with Crippen LogP contribution in [0, 0.1) is 11.8 Å². The SMILES string of the molecule is CC[C@H](NC(=O)[C@@H]1CCCN(C(=O)/C=C/C2CCN(C(=O)OC(C)(C)C)CC2)C1)C(=O)O.Cl. The minimum Gasteiger partial charge on any atom is -0.480 e. The van der Waals surface area contributed by atoms with Gasteiger partial charge in [-0.2, -0.15) is 0 Å². The van der Waals surface area contributed by atoms with Crippen LogP contribution in [0.4, 0.5) is 4.79 Å². The molecular formula is C23H38ClN3O6. The monoisotopic (exact) mass is 487 g/mol. The maximum atomic E-state index is 12.7. The van der Waals surface area contributed by atoms with E-state index >= 15 is 0 Å². The van der Waals surface area contributed by atoms with Crippen molar-refractivity contribution in [2.24, 2.45) is 11.8 Å². The van der Waals surface area contributed by atoms with Crippen molar-refractivity contribution in [1.29, 1.82) is 0 Å². The Morgan fingerprint density at radius 2 is 1.73 bits per heavy atom. The summed E-state index contributed by atoms with van der Waals surface area (Å²) in [5, 5.41) is 11.7. The van der Waals surface area contributed by atoms with Gasteiger partial charge in [-0.15, -0.1) is 12.4 Å². The molecule has 2 fully saturated rings. The maximum absolute atomic E-state index is 12.7. The van der Waals surface area contributed by atoms with Gasteiger partial charge in [0.2, 0.25) is 11.8 Å². The fraction of sp³-hybridized carbons (Fsp3) is 0.739. The van der Waals surface area contributed by atoms with Crippen molar-refractivity contribution in [3.63, 3.8) is 0 Å². The van der Waals surface area contributed by atoms with Crippen LogP contribution in [0.15, 0.2) is 12.2 Å². The number of carbonyl (C=O) groups excluding carboxylic acids is 3. The van der Waals surface area contributed by atoms with Crippen molar-refractivity contribution in [2.45, 2.75) is 71.4 Å². The molecule has 3 amide bonds. The number of piperidine rings is 2. The van der Waals surface area contributed by atoms with Crippen molar-refractivity contribution in [3.8, 4) is 0 Å². The molecule has 0 unspecified atom stereocenters. The molecule has 2 N–H and O–H groups in total. The second-order valence-corrected chi connectivity index (χ2v) is 9.60. The average Bonchev–Trinajstić information content (AvgIpc) is 2.74. The van der Waals surface area contributed by atoms with E-state index in [2.05, 4.69) is 5.32 Å². The van der Waals surface area contributed by atoms with Crippen molar-refractivity contribution in [3.05, 3.63) is 12.2 Å². The average molecular weight is 488 g/mol. The number of carbonyl (C=O) groups is 4. The zero-order valence-electron chi connectivity index (χ0n) is 20.0. The van der Waals surface area contributed by atoms with Gasteiger partial charge in [-0.3, -0.25) is 9.59 Å². The third kappa shape index (κ3) is 9.23. The fourth-order valence-electron chi connectivity index (χ4n) is 3.94. The molecule has 0 saturated carbocycles. The molecule has 2 rings (SSSR count). The minimum atomic E-state index is -1.05. The second-order valence-electron chi connectivity index (χ2n) is 9.60. The molecule has 10 heteroatoms. The first-order valence-electron chi connectivity index (χ1n) is 11.5. The summed E-state index contributed by atoms with van der Waals surface area (Å²) < 4.78 is 5.41. The van der Waals surface area contributed by atoms with Crippen LogP contribution in [0.3, 0.4) is 0 Å². The van der Waals surface area contributed by atoms with Crippen LogP contribution >= 0.6 is 12.4 Å². The second kappa shape index (κ2) is 12.8. The number of nitrogens with zero attached hydrogens (tertiary/aromatic N) is 2. The van der Waals surface area contributed by atoms with Gasteiger partial charge in [-0.1, -0.05) is 13.0 Å². The van der Waals surface area contributed by atoms with Gasteiger partial charge in [-0.25, -0.2) is 9.59 Å². The smallest absolute Gasteiger partial charge is 0.410 e. The lowest BCUT2D eigenvalue weighted by Gasteiger charge is -2.33. The molecule has 2 saturated heterocycles. The molecular weight excluding hydrogens is 450 g/mol. The van der Waals surface area contributed by atoms with Gasteiger partial charge in [0.05, 0.1) is 5.92 Å². The third-order valence-corrected chi connectivity index (χ3v) is 5.83. The number of ether oxygens (including phenoxy) is 1. The molecule has 0 radical (unpaired) electrons. The van der Waals surface area contributed by atoms with Crippen LogP contribution in [-0.4, -0.2) is 76.6 Å². The first-order valence-corrected chi connectivity index (χ1v) is 11.5. The molecule has 0 aromatic rings. The molecule has 2 atom stereocenters. The number of aliphatic carboxylic acids is 1. The lowest BCUT2D eigenvalue weighted by molar-refractivity contribution is -0.143. The Morgan fingerprint density at radius 3 is 2.27 bits per heavy atom. The Kier molecular flexibility index (Phi) is 11.2. The number of allylic oxidation sites excluding steroid dienone is 1. The van der Waals surface area contributed by atoms with Crippen LogP contribution in [0.25, 0.3) is 0 Å². The summed E-state index contributed by atoms with van der Waals surface area (Å²) in [6.07, 6.45) is 6.35. The quantitative estimate of drug-likeness (QED) is 0.556. The Morgan fingerprint density at radius 1 is 1.09 bits per heavy atom. The third-order valence-electron chi connectivity index (χ3n) is 5.83. The van der Waals surface area contributed by atoms with Crippen molar-refractivity contribution in [1.82, 2.24) is 15.1 Å². The van der Waals surface area contributed by atoms with Crippen molar-refractivity contribution < 1.29 is 29.0 Å². The summed E-state index contributed by atoms with van der Waals surface area (Å²) >= 11 is 0. The normalized spacial score (nSPS) is 20.7. The highest BCUT2D eigenvalue weighted by Gasteiger charge is 2.30. The molecule has 0 aliphatic carbocycles. The predicted octanol–water partition coefficient (Wildman–Crippen LogP) is 2.83. The Hall–Kier alpha value is -2.29. The van der Waals surface area contributed by atoms with Gasteiger partial charge >= 0.3 is 12.1 Å². The molecule has 2 heterocycles. The van der Waals surface area contributed by atoms with Crippen LogP contribution in [0.1, 0.15) is 59.8 Å². The molecule has 2 aliphatic rings. The Labute approximate surface area is 202 Å². The van der Waals surface area contributed by atoms with E-state index in [1.165, 1.54) is 0 Å². The zero-order chi connectivity index (χ0) is 23.9.